The zero-order valence-electron chi connectivity index (χ0n) is 36.9. The number of quaternary nitrogens is 1. The number of hydrogen-bond acceptors (Lipinski definition) is 7. The average Bonchev–Trinajstić information content (AvgIpc) is 3.15. The number of carbonyl (C=O) groups excluding carboxylic acids is 2. The quantitative estimate of drug-likeness (QED) is 0.0214. The summed E-state index contributed by atoms with van der Waals surface area (Å²) in [6.45, 7) is 4.31. The second kappa shape index (κ2) is 38.7. The van der Waals surface area contributed by atoms with Gasteiger partial charge in [-0.2, -0.15) is 0 Å². The maximum atomic E-state index is 12.6. The maximum Gasteiger partial charge on any atom is 0.472 e. The van der Waals surface area contributed by atoms with Crippen LogP contribution in [0.25, 0.3) is 0 Å². The number of phosphoric ester groups is 1. The van der Waals surface area contributed by atoms with E-state index in [1.807, 2.05) is 21.1 Å². The van der Waals surface area contributed by atoms with Crippen LogP contribution in [0.5, 0.6) is 0 Å². The van der Waals surface area contributed by atoms with E-state index in [0.717, 1.165) is 64.2 Å². The van der Waals surface area contributed by atoms with Gasteiger partial charge in [-0.1, -0.05) is 166 Å². The lowest BCUT2D eigenvalue weighted by Gasteiger charge is -2.24. The lowest BCUT2D eigenvalue weighted by atomic mass is 10.0. The Morgan fingerprint density at radius 3 is 1.43 bits per heavy atom. The number of carbonyl (C=O) groups is 2. The van der Waals surface area contributed by atoms with Crippen molar-refractivity contribution in [3.8, 4) is 0 Å². The van der Waals surface area contributed by atoms with Gasteiger partial charge in [0.1, 0.15) is 19.8 Å². The molecule has 0 fully saturated rings. The summed E-state index contributed by atoms with van der Waals surface area (Å²) < 4.78 is 34.1. The third kappa shape index (κ3) is 41.9. The molecule has 9 nitrogen and oxygen atoms in total. The summed E-state index contributed by atoms with van der Waals surface area (Å²) in [5, 5.41) is 0. The van der Waals surface area contributed by atoms with Crippen molar-refractivity contribution in [2.24, 2.45) is 0 Å². The molecule has 0 heterocycles. The highest BCUT2D eigenvalue weighted by molar-refractivity contribution is 7.47. The smallest absolute Gasteiger partial charge is 0.462 e. The minimum absolute atomic E-state index is 0.0317. The summed E-state index contributed by atoms with van der Waals surface area (Å²) in [4.78, 5) is 35.0. The molecule has 0 aliphatic carbocycles. The van der Waals surface area contributed by atoms with Gasteiger partial charge in [0, 0.05) is 12.8 Å². The van der Waals surface area contributed by atoms with Gasteiger partial charge in [-0.3, -0.25) is 18.6 Å². The van der Waals surface area contributed by atoms with Crippen LogP contribution in [0.1, 0.15) is 194 Å². The minimum Gasteiger partial charge on any atom is -0.462 e. The second-order valence-electron chi connectivity index (χ2n) is 16.4. The van der Waals surface area contributed by atoms with E-state index in [1.165, 1.54) is 96.3 Å². The minimum atomic E-state index is -4.36. The Balaban J connectivity index is 4.03. The molecule has 1 N–H and O–H groups in total. The Morgan fingerprint density at radius 2 is 0.964 bits per heavy atom. The first-order chi connectivity index (χ1) is 27.0. The molecule has 0 spiro atoms. The zero-order valence-corrected chi connectivity index (χ0v) is 37.8. The van der Waals surface area contributed by atoms with E-state index in [-0.39, 0.29) is 32.0 Å². The number of ether oxygens (including phenoxy) is 2. The highest BCUT2D eigenvalue weighted by Crippen LogP contribution is 2.43. The molecule has 10 heteroatoms. The van der Waals surface area contributed by atoms with Crippen molar-refractivity contribution >= 4 is 19.8 Å². The number of phosphoric acid groups is 1. The molecule has 0 aliphatic rings. The van der Waals surface area contributed by atoms with Crippen molar-refractivity contribution in [3.05, 3.63) is 36.5 Å². The van der Waals surface area contributed by atoms with Crippen LogP contribution in [0.4, 0.5) is 0 Å². The van der Waals surface area contributed by atoms with Gasteiger partial charge in [0.05, 0.1) is 27.7 Å². The highest BCUT2D eigenvalue weighted by atomic mass is 31.2. The third-order valence-electron chi connectivity index (χ3n) is 9.67. The third-order valence-corrected chi connectivity index (χ3v) is 10.7. The van der Waals surface area contributed by atoms with Crippen molar-refractivity contribution in [1.82, 2.24) is 0 Å². The molecule has 0 aliphatic heterocycles. The zero-order chi connectivity index (χ0) is 41.4. The van der Waals surface area contributed by atoms with Crippen molar-refractivity contribution in [3.63, 3.8) is 0 Å². The summed E-state index contributed by atoms with van der Waals surface area (Å²) in [5.41, 5.74) is 0. The van der Waals surface area contributed by atoms with Gasteiger partial charge in [-0.15, -0.1) is 0 Å². The van der Waals surface area contributed by atoms with E-state index < -0.39 is 26.5 Å². The first-order valence-electron chi connectivity index (χ1n) is 22.7. The summed E-state index contributed by atoms with van der Waals surface area (Å²) in [5.74, 6) is -0.813. The Bertz CT molecular complexity index is 1050. The van der Waals surface area contributed by atoms with E-state index in [0.29, 0.717) is 17.4 Å². The number of nitrogens with zero attached hydrogens (tertiary/aromatic N) is 1. The Kier molecular flexibility index (Phi) is 37.5. The molecule has 0 bridgehead atoms. The van der Waals surface area contributed by atoms with Crippen LogP contribution < -0.4 is 0 Å². The van der Waals surface area contributed by atoms with Gasteiger partial charge in [-0.25, -0.2) is 4.57 Å². The van der Waals surface area contributed by atoms with Gasteiger partial charge in [0.15, 0.2) is 6.10 Å². The van der Waals surface area contributed by atoms with Crippen molar-refractivity contribution in [2.45, 2.75) is 200 Å². The van der Waals surface area contributed by atoms with E-state index >= 15 is 0 Å². The van der Waals surface area contributed by atoms with Crippen LogP contribution in [0, 0.1) is 0 Å². The molecule has 0 rings (SSSR count). The van der Waals surface area contributed by atoms with Crippen molar-refractivity contribution in [2.75, 3.05) is 47.5 Å². The molecule has 0 aromatic rings. The van der Waals surface area contributed by atoms with E-state index in [4.69, 9.17) is 18.5 Å². The lowest BCUT2D eigenvalue weighted by molar-refractivity contribution is -0.870. The van der Waals surface area contributed by atoms with Crippen LogP contribution >= 0.6 is 7.82 Å². The normalized spacial score (nSPS) is 13.9. The second-order valence-corrected chi connectivity index (χ2v) is 17.9. The molecule has 0 radical (unpaired) electrons. The van der Waals surface area contributed by atoms with Crippen LogP contribution in [-0.4, -0.2) is 74.9 Å². The molecular weight excluding hydrogens is 725 g/mol. The molecule has 0 aromatic carbocycles. The van der Waals surface area contributed by atoms with Crippen molar-refractivity contribution in [1.29, 1.82) is 0 Å². The van der Waals surface area contributed by atoms with Crippen LogP contribution in [0.2, 0.25) is 0 Å². The standard InChI is InChI=1S/C46H86NO8P/c1-6-8-10-12-13-14-15-16-17-18-19-20-21-22-23-24-25-26-27-28-29-30-31-32-33-35-37-39-46(49)55-44(42-52-45(48)38-36-34-11-9-7-2)43-54-56(50,51)53-41-40-47(3,4)5/h15-16,18-19,21-22,44H,6-14,17,20,23-43H2,1-5H3/p+1/b16-15-,19-18-,22-21-. The SMILES string of the molecule is CCCCCCC/C=C\C/C=C\C/C=C\CCCCCCCCCCCCCCC(=O)OC(COC(=O)CCCCCCC)COP(=O)(O)OCC[N+](C)(C)C. The number of unbranched alkanes of at least 4 members (excludes halogenated alkanes) is 21. The summed E-state index contributed by atoms with van der Waals surface area (Å²) >= 11 is 0. The average molecular weight is 813 g/mol. The summed E-state index contributed by atoms with van der Waals surface area (Å²) in [6.07, 6.45) is 43.9. The largest absolute Gasteiger partial charge is 0.472 e. The number of allylic oxidation sites excluding steroid dienone is 6. The molecule has 0 amide bonds. The monoisotopic (exact) mass is 813 g/mol. The van der Waals surface area contributed by atoms with E-state index in [9.17, 15) is 19.0 Å². The molecule has 0 aromatic heterocycles. The highest BCUT2D eigenvalue weighted by Gasteiger charge is 2.27. The molecule has 2 atom stereocenters. The molecule has 56 heavy (non-hydrogen) atoms. The Hall–Kier alpha value is -1.77. The van der Waals surface area contributed by atoms with Gasteiger partial charge in [0.2, 0.25) is 0 Å². The topological polar surface area (TPSA) is 108 Å². The number of likely N-dealkylation sites (N-methyl/N-ethyl adjacent to an activating group) is 1. The van der Waals surface area contributed by atoms with Gasteiger partial charge in [0.25, 0.3) is 0 Å². The predicted molar refractivity (Wildman–Crippen MR) is 234 cm³/mol. The molecule has 0 saturated carbocycles. The first kappa shape index (κ1) is 54.2. The molecular formula is C46H87NO8P+. The fourth-order valence-corrected chi connectivity index (χ4v) is 6.82. The molecule has 0 saturated heterocycles. The predicted octanol–water partition coefficient (Wildman–Crippen LogP) is 12.9. The van der Waals surface area contributed by atoms with E-state index in [2.05, 4.69) is 50.3 Å². The van der Waals surface area contributed by atoms with Crippen LogP contribution in [0.15, 0.2) is 36.5 Å². The van der Waals surface area contributed by atoms with Crippen LogP contribution in [0.3, 0.4) is 0 Å². The lowest BCUT2D eigenvalue weighted by Crippen LogP contribution is -2.37. The fourth-order valence-electron chi connectivity index (χ4n) is 6.08. The first-order valence-corrected chi connectivity index (χ1v) is 24.2. The summed E-state index contributed by atoms with van der Waals surface area (Å²) in [7, 11) is 1.47. The maximum absolute atomic E-state index is 12.6. The van der Waals surface area contributed by atoms with Crippen molar-refractivity contribution < 1.29 is 42.1 Å². The van der Waals surface area contributed by atoms with E-state index in [1.54, 1.807) is 0 Å². The Morgan fingerprint density at radius 1 is 0.554 bits per heavy atom. The molecule has 2 unspecified atom stereocenters. The fraction of sp³-hybridized carbons (Fsp3) is 0.826. The number of esters is 2. The van der Waals surface area contributed by atoms with Gasteiger partial charge >= 0.3 is 19.8 Å². The summed E-state index contributed by atoms with van der Waals surface area (Å²) in [6, 6.07) is 0. The van der Waals surface area contributed by atoms with Gasteiger partial charge in [-0.05, 0) is 51.4 Å². The number of hydrogen-bond donors (Lipinski definition) is 1. The Labute approximate surface area is 344 Å². The number of rotatable bonds is 41. The van der Waals surface area contributed by atoms with Gasteiger partial charge < -0.3 is 18.9 Å². The molecule has 328 valence electrons. The van der Waals surface area contributed by atoms with Crippen LogP contribution in [-0.2, 0) is 32.7 Å².